The Hall–Kier alpha value is -1.77. The first-order chi connectivity index (χ1) is 9.26. The zero-order valence-corrected chi connectivity index (χ0v) is 10.2. The average Bonchev–Trinajstić information content (AvgIpc) is 3.01. The first-order valence-electron chi connectivity index (χ1n) is 6.02. The Morgan fingerprint density at radius 1 is 1.32 bits per heavy atom. The fourth-order valence-corrected chi connectivity index (χ4v) is 2.47. The van der Waals surface area contributed by atoms with Gasteiger partial charge < -0.3 is 20.7 Å². The van der Waals surface area contributed by atoms with Crippen molar-refractivity contribution in [2.24, 2.45) is 11.8 Å². The minimum Gasteiger partial charge on any atom is -0.396 e. The lowest BCUT2D eigenvalue weighted by Crippen LogP contribution is -2.24. The van der Waals surface area contributed by atoms with E-state index < -0.39 is 6.23 Å². The molecule has 0 amide bonds. The van der Waals surface area contributed by atoms with E-state index in [-0.39, 0.29) is 25.0 Å². The molecular formula is C11H15N5O3. The minimum atomic E-state index is -0.401. The third kappa shape index (κ3) is 1.84. The molecule has 0 aromatic carbocycles. The third-order valence-electron chi connectivity index (χ3n) is 3.56. The van der Waals surface area contributed by atoms with E-state index >= 15 is 0 Å². The number of nitrogens with zero attached hydrogens (tertiary/aromatic N) is 4. The van der Waals surface area contributed by atoms with Crippen molar-refractivity contribution in [1.29, 1.82) is 0 Å². The summed E-state index contributed by atoms with van der Waals surface area (Å²) in [5.74, 6) is 0.0197. The van der Waals surface area contributed by atoms with E-state index in [0.29, 0.717) is 23.6 Å². The van der Waals surface area contributed by atoms with Crippen LogP contribution in [0.4, 0.5) is 5.82 Å². The molecule has 1 aliphatic rings. The number of nitrogens with two attached hydrogens (primary N) is 1. The van der Waals surface area contributed by atoms with Gasteiger partial charge in [0.2, 0.25) is 0 Å². The quantitative estimate of drug-likeness (QED) is 0.661. The van der Waals surface area contributed by atoms with Gasteiger partial charge in [0.15, 0.2) is 11.5 Å². The lowest BCUT2D eigenvalue weighted by Gasteiger charge is -2.20. The maximum Gasteiger partial charge on any atom is 0.167 e. The highest BCUT2D eigenvalue weighted by Gasteiger charge is 2.38. The van der Waals surface area contributed by atoms with Gasteiger partial charge in [-0.1, -0.05) is 0 Å². The van der Waals surface area contributed by atoms with Crippen LogP contribution in [0.15, 0.2) is 12.7 Å². The van der Waals surface area contributed by atoms with Crippen molar-refractivity contribution in [2.45, 2.75) is 6.23 Å². The summed E-state index contributed by atoms with van der Waals surface area (Å²) in [6.45, 7) is 0.300. The maximum absolute atomic E-state index is 9.48. The van der Waals surface area contributed by atoms with Crippen LogP contribution >= 0.6 is 0 Å². The number of rotatable bonds is 3. The van der Waals surface area contributed by atoms with Gasteiger partial charge in [-0.15, -0.1) is 0 Å². The number of nitrogen functional groups attached to an aromatic ring is 1. The average molecular weight is 265 g/mol. The minimum absolute atomic E-state index is 0.0223. The molecule has 1 fully saturated rings. The first-order valence-corrected chi connectivity index (χ1v) is 6.02. The van der Waals surface area contributed by atoms with Gasteiger partial charge in [0.05, 0.1) is 19.5 Å². The molecule has 8 heteroatoms. The topological polar surface area (TPSA) is 119 Å². The van der Waals surface area contributed by atoms with Gasteiger partial charge in [0, 0.05) is 18.4 Å². The molecule has 3 heterocycles. The molecule has 3 atom stereocenters. The zero-order chi connectivity index (χ0) is 13.4. The lowest BCUT2D eigenvalue weighted by molar-refractivity contribution is 0.0199. The molecule has 1 aliphatic heterocycles. The van der Waals surface area contributed by atoms with Crippen LogP contribution in [0.3, 0.4) is 0 Å². The normalized spacial score (nSPS) is 27.2. The van der Waals surface area contributed by atoms with Crippen molar-refractivity contribution in [3.05, 3.63) is 12.7 Å². The second-order valence-corrected chi connectivity index (χ2v) is 4.60. The summed E-state index contributed by atoms with van der Waals surface area (Å²) >= 11 is 0. The Morgan fingerprint density at radius 2 is 2.16 bits per heavy atom. The van der Waals surface area contributed by atoms with Crippen LogP contribution in [0, 0.1) is 11.8 Å². The summed E-state index contributed by atoms with van der Waals surface area (Å²) < 4.78 is 7.38. The van der Waals surface area contributed by atoms with E-state index in [1.54, 1.807) is 10.9 Å². The van der Waals surface area contributed by atoms with Crippen molar-refractivity contribution >= 4 is 17.0 Å². The molecule has 2 aromatic rings. The third-order valence-corrected chi connectivity index (χ3v) is 3.56. The van der Waals surface area contributed by atoms with E-state index in [1.807, 2.05) is 0 Å². The molecule has 2 aromatic heterocycles. The number of fused-ring (bicyclic) bond motifs is 1. The van der Waals surface area contributed by atoms with Crippen LogP contribution in [-0.2, 0) is 4.74 Å². The number of aromatic nitrogens is 4. The van der Waals surface area contributed by atoms with E-state index in [0.717, 1.165) is 0 Å². The highest BCUT2D eigenvalue weighted by atomic mass is 16.5. The predicted molar refractivity (Wildman–Crippen MR) is 65.9 cm³/mol. The van der Waals surface area contributed by atoms with Crippen molar-refractivity contribution in [2.75, 3.05) is 25.6 Å². The Balaban J connectivity index is 2.03. The molecule has 0 saturated carbocycles. The van der Waals surface area contributed by atoms with Crippen LogP contribution in [0.2, 0.25) is 0 Å². The van der Waals surface area contributed by atoms with Crippen LogP contribution < -0.4 is 5.73 Å². The Kier molecular flexibility index (Phi) is 3.05. The molecule has 0 radical (unpaired) electrons. The lowest BCUT2D eigenvalue weighted by atomic mass is 9.95. The molecule has 0 aliphatic carbocycles. The SMILES string of the molecule is Nc1ncnc2c1ncn2C1OC[C@H](CO)[C@H]1CO. The van der Waals surface area contributed by atoms with Gasteiger partial charge in [-0.05, 0) is 0 Å². The Labute approximate surface area is 108 Å². The number of anilines is 1. The monoisotopic (exact) mass is 265 g/mol. The standard InChI is InChI=1S/C11H15N5O3/c12-9-8-10(14-4-13-9)16(5-15-8)11-7(2-18)6(1-17)3-19-11/h4-7,11,17-18H,1-3H2,(H2,12,13,14)/t6-,7+,11?/m0/s1. The van der Waals surface area contributed by atoms with Crippen LogP contribution in [0.5, 0.6) is 0 Å². The number of ether oxygens (including phenoxy) is 1. The molecule has 8 nitrogen and oxygen atoms in total. The van der Waals surface area contributed by atoms with Crippen molar-refractivity contribution < 1.29 is 14.9 Å². The summed E-state index contributed by atoms with van der Waals surface area (Å²) in [6.07, 6.45) is 2.53. The van der Waals surface area contributed by atoms with E-state index in [4.69, 9.17) is 10.5 Å². The largest absolute Gasteiger partial charge is 0.396 e. The van der Waals surface area contributed by atoms with Gasteiger partial charge in [0.1, 0.15) is 18.1 Å². The fraction of sp³-hybridized carbons (Fsp3) is 0.545. The molecular weight excluding hydrogens is 250 g/mol. The summed E-state index contributed by atoms with van der Waals surface area (Å²) in [4.78, 5) is 12.2. The highest BCUT2D eigenvalue weighted by molar-refractivity contribution is 5.81. The van der Waals surface area contributed by atoms with E-state index in [2.05, 4.69) is 15.0 Å². The molecule has 1 saturated heterocycles. The van der Waals surface area contributed by atoms with Gasteiger partial charge in [-0.3, -0.25) is 4.57 Å². The molecule has 3 rings (SSSR count). The van der Waals surface area contributed by atoms with Crippen LogP contribution in [-0.4, -0.2) is 49.6 Å². The number of hydrogen-bond donors (Lipinski definition) is 3. The molecule has 0 bridgehead atoms. The van der Waals surface area contributed by atoms with Crippen LogP contribution in [0.25, 0.3) is 11.2 Å². The maximum atomic E-state index is 9.48. The molecule has 1 unspecified atom stereocenters. The van der Waals surface area contributed by atoms with Gasteiger partial charge in [0.25, 0.3) is 0 Å². The Bertz CT molecular complexity index is 587. The predicted octanol–water partition coefficient (Wildman–Crippen LogP) is -0.846. The van der Waals surface area contributed by atoms with Crippen molar-refractivity contribution in [3.63, 3.8) is 0 Å². The van der Waals surface area contributed by atoms with Crippen molar-refractivity contribution in [3.8, 4) is 0 Å². The number of imidazole rings is 1. The first kappa shape index (κ1) is 12.3. The smallest absolute Gasteiger partial charge is 0.167 e. The fourth-order valence-electron chi connectivity index (χ4n) is 2.47. The molecule has 4 N–H and O–H groups in total. The summed E-state index contributed by atoms with van der Waals surface area (Å²) in [6, 6.07) is 0. The second-order valence-electron chi connectivity index (χ2n) is 4.60. The number of aliphatic hydroxyl groups excluding tert-OH is 2. The molecule has 0 spiro atoms. The highest BCUT2D eigenvalue weighted by Crippen LogP contribution is 2.35. The van der Waals surface area contributed by atoms with Gasteiger partial charge >= 0.3 is 0 Å². The summed E-state index contributed by atoms with van der Waals surface area (Å²) in [5.41, 5.74) is 6.81. The van der Waals surface area contributed by atoms with Crippen LogP contribution in [0.1, 0.15) is 6.23 Å². The molecule has 19 heavy (non-hydrogen) atoms. The zero-order valence-electron chi connectivity index (χ0n) is 10.2. The van der Waals surface area contributed by atoms with Gasteiger partial charge in [-0.2, -0.15) is 0 Å². The molecule has 102 valence electrons. The summed E-state index contributed by atoms with van der Waals surface area (Å²) in [7, 11) is 0. The van der Waals surface area contributed by atoms with E-state index in [1.165, 1.54) is 6.33 Å². The van der Waals surface area contributed by atoms with Crippen molar-refractivity contribution in [1.82, 2.24) is 19.5 Å². The second kappa shape index (κ2) is 4.72. The number of hydrogen-bond acceptors (Lipinski definition) is 7. The van der Waals surface area contributed by atoms with Gasteiger partial charge in [-0.25, -0.2) is 15.0 Å². The van der Waals surface area contributed by atoms with E-state index in [9.17, 15) is 10.2 Å². The number of aliphatic hydroxyl groups is 2. The Morgan fingerprint density at radius 3 is 2.89 bits per heavy atom. The summed E-state index contributed by atoms with van der Waals surface area (Å²) in [5, 5.41) is 18.8.